The van der Waals surface area contributed by atoms with Crippen molar-refractivity contribution in [2.45, 2.75) is 12.6 Å². The fourth-order valence-electron chi connectivity index (χ4n) is 5.23. The number of anilines is 2. The van der Waals surface area contributed by atoms with Gasteiger partial charge in [-0.05, 0) is 48.0 Å². The highest BCUT2D eigenvalue weighted by atomic mass is 19.1. The summed E-state index contributed by atoms with van der Waals surface area (Å²) >= 11 is 0. The third-order valence-electron chi connectivity index (χ3n) is 7.40. The van der Waals surface area contributed by atoms with Gasteiger partial charge in [0.25, 0.3) is 17.6 Å². The molecule has 0 aromatic heterocycles. The number of rotatable bonds is 9. The normalized spacial score (nSPS) is 13.8. The van der Waals surface area contributed by atoms with Crippen LogP contribution in [0.25, 0.3) is 0 Å². The quantitative estimate of drug-likeness (QED) is 0.284. The van der Waals surface area contributed by atoms with E-state index in [1.54, 1.807) is 66.7 Å². The third-order valence-corrected chi connectivity index (χ3v) is 7.40. The molecule has 0 fully saturated rings. The zero-order chi connectivity index (χ0) is 30.8. The molecule has 4 aromatic carbocycles. The maximum absolute atomic E-state index is 15.0. The lowest BCUT2D eigenvalue weighted by Gasteiger charge is -2.33. The van der Waals surface area contributed by atoms with Gasteiger partial charge in [0.1, 0.15) is 24.2 Å². The maximum atomic E-state index is 15.0. The molecular formula is C33H26FN3O7. The summed E-state index contributed by atoms with van der Waals surface area (Å²) in [5.74, 6) is -2.11. The van der Waals surface area contributed by atoms with Gasteiger partial charge in [-0.25, -0.2) is 4.39 Å². The summed E-state index contributed by atoms with van der Waals surface area (Å²) in [7, 11) is 1.47. The van der Waals surface area contributed by atoms with Crippen LogP contribution in [-0.4, -0.2) is 48.9 Å². The number of hydrogen-bond acceptors (Lipinski definition) is 7. The predicted octanol–water partition coefficient (Wildman–Crippen LogP) is 4.50. The van der Waals surface area contributed by atoms with Crippen molar-refractivity contribution in [3.05, 3.63) is 114 Å². The summed E-state index contributed by atoms with van der Waals surface area (Å²) in [5, 5.41) is 2.83. The van der Waals surface area contributed by atoms with Gasteiger partial charge < -0.3 is 24.4 Å². The molecule has 2 aliphatic heterocycles. The number of ketones is 1. The number of carbonyl (C=O) groups is 4. The largest absolute Gasteiger partial charge is 0.497 e. The highest BCUT2D eigenvalue weighted by Crippen LogP contribution is 2.36. The molecule has 1 N–H and O–H groups in total. The highest BCUT2D eigenvalue weighted by molar-refractivity contribution is 6.52. The molecule has 10 nitrogen and oxygen atoms in total. The molecule has 0 bridgehead atoms. The molecule has 0 saturated heterocycles. The van der Waals surface area contributed by atoms with E-state index in [0.717, 1.165) is 4.90 Å². The molecule has 11 heteroatoms. The average molecular weight is 596 g/mol. The fraction of sp³-hybridized carbons (Fsp3) is 0.152. The average Bonchev–Trinajstić information content (AvgIpc) is 3.60. The van der Waals surface area contributed by atoms with Crippen molar-refractivity contribution < 1.29 is 37.8 Å². The Morgan fingerprint density at radius 1 is 0.955 bits per heavy atom. The number of halogens is 1. The summed E-state index contributed by atoms with van der Waals surface area (Å²) in [6.07, 6.45) is 0. The molecule has 0 aliphatic carbocycles. The first-order valence-electron chi connectivity index (χ1n) is 13.7. The van der Waals surface area contributed by atoms with Crippen molar-refractivity contribution in [3.8, 4) is 17.2 Å². The zero-order valence-electron chi connectivity index (χ0n) is 23.5. The number of para-hydroxylation sites is 1. The van der Waals surface area contributed by atoms with E-state index in [9.17, 15) is 23.6 Å². The van der Waals surface area contributed by atoms with E-state index in [1.165, 1.54) is 36.3 Å². The fourth-order valence-corrected chi connectivity index (χ4v) is 5.23. The van der Waals surface area contributed by atoms with Gasteiger partial charge in [-0.2, -0.15) is 0 Å². The summed E-state index contributed by atoms with van der Waals surface area (Å²) in [6.45, 7) is -0.835. The monoisotopic (exact) mass is 595 g/mol. The standard InChI is InChI=1S/C33H26FN3O7/c1-42-23-9-6-8-20(15-23)30(32(40)35-22-13-14-27-28(16-22)44-19-43-27)37(17-21-7-2-4-11-25(21)34)29(38)18-36-26-12-5-3-10-24(26)31(39)33(36)41/h2-16,30H,17-19H2,1H3,(H,35,40). The van der Waals surface area contributed by atoms with Crippen molar-refractivity contribution in [2.24, 2.45) is 0 Å². The first-order chi connectivity index (χ1) is 21.3. The van der Waals surface area contributed by atoms with E-state index < -0.39 is 41.9 Å². The number of methoxy groups -OCH3 is 1. The van der Waals surface area contributed by atoms with E-state index >= 15 is 0 Å². The maximum Gasteiger partial charge on any atom is 0.299 e. The van der Waals surface area contributed by atoms with Gasteiger partial charge in [0, 0.05) is 23.9 Å². The Morgan fingerprint density at radius 3 is 2.55 bits per heavy atom. The van der Waals surface area contributed by atoms with Gasteiger partial charge in [0.2, 0.25) is 12.7 Å². The second-order valence-electron chi connectivity index (χ2n) is 10.1. The molecule has 222 valence electrons. The van der Waals surface area contributed by atoms with Gasteiger partial charge in [-0.1, -0.05) is 42.5 Å². The van der Waals surface area contributed by atoms with Crippen LogP contribution in [0.4, 0.5) is 15.8 Å². The zero-order valence-corrected chi connectivity index (χ0v) is 23.5. The molecule has 2 heterocycles. The van der Waals surface area contributed by atoms with E-state index in [-0.39, 0.29) is 30.2 Å². The van der Waals surface area contributed by atoms with Crippen LogP contribution in [0.1, 0.15) is 27.5 Å². The van der Waals surface area contributed by atoms with Crippen molar-refractivity contribution >= 4 is 34.9 Å². The molecule has 4 aromatic rings. The Kier molecular flexibility index (Phi) is 7.67. The van der Waals surface area contributed by atoms with Crippen LogP contribution in [0, 0.1) is 5.82 Å². The van der Waals surface area contributed by atoms with Crippen molar-refractivity contribution in [3.63, 3.8) is 0 Å². The summed E-state index contributed by atoms with van der Waals surface area (Å²) in [6, 6.07) is 22.4. The number of Topliss-reactive ketones (excluding diaryl/α,β-unsaturated/α-hetero) is 1. The molecular weight excluding hydrogens is 569 g/mol. The predicted molar refractivity (Wildman–Crippen MR) is 157 cm³/mol. The second kappa shape index (κ2) is 11.9. The third kappa shape index (κ3) is 5.42. The lowest BCUT2D eigenvalue weighted by molar-refractivity contribution is -0.139. The lowest BCUT2D eigenvalue weighted by Crippen LogP contribution is -2.46. The Bertz CT molecular complexity index is 1790. The van der Waals surface area contributed by atoms with Gasteiger partial charge in [0.15, 0.2) is 11.5 Å². The summed E-state index contributed by atoms with van der Waals surface area (Å²) < 4.78 is 31.2. The second-order valence-corrected chi connectivity index (χ2v) is 10.1. The van der Waals surface area contributed by atoms with Crippen molar-refractivity contribution in [2.75, 3.05) is 30.7 Å². The van der Waals surface area contributed by atoms with Crippen molar-refractivity contribution in [1.82, 2.24) is 4.90 Å². The number of fused-ring (bicyclic) bond motifs is 2. The Labute approximate surface area is 251 Å². The molecule has 0 spiro atoms. The van der Waals surface area contributed by atoms with Crippen LogP contribution in [0.2, 0.25) is 0 Å². The Morgan fingerprint density at radius 2 is 1.73 bits per heavy atom. The van der Waals surface area contributed by atoms with Gasteiger partial charge in [0.05, 0.1) is 18.4 Å². The Hall–Kier alpha value is -5.71. The Balaban J connectivity index is 1.41. The number of benzene rings is 4. The first kappa shape index (κ1) is 28.4. The van der Waals surface area contributed by atoms with E-state index in [4.69, 9.17) is 14.2 Å². The van der Waals surface area contributed by atoms with Gasteiger partial charge in [-0.15, -0.1) is 0 Å². The number of carbonyl (C=O) groups excluding carboxylic acids is 4. The molecule has 1 atom stereocenters. The summed E-state index contributed by atoms with van der Waals surface area (Å²) in [4.78, 5) is 56.2. The summed E-state index contributed by atoms with van der Waals surface area (Å²) in [5.41, 5.74) is 1.35. The van der Waals surface area contributed by atoms with Crippen LogP contribution >= 0.6 is 0 Å². The minimum atomic E-state index is -1.31. The first-order valence-corrected chi connectivity index (χ1v) is 13.7. The number of ether oxygens (including phenoxy) is 3. The van der Waals surface area contributed by atoms with Crippen molar-refractivity contribution in [1.29, 1.82) is 0 Å². The molecule has 1 unspecified atom stereocenters. The lowest BCUT2D eigenvalue weighted by atomic mass is 10.0. The van der Waals surface area contributed by atoms with Crippen LogP contribution in [0.5, 0.6) is 17.2 Å². The van der Waals surface area contributed by atoms with E-state index in [1.807, 2.05) is 0 Å². The minimum absolute atomic E-state index is 0.0466. The topological polar surface area (TPSA) is 114 Å². The van der Waals surface area contributed by atoms with Gasteiger partial charge >= 0.3 is 0 Å². The van der Waals surface area contributed by atoms with Crippen LogP contribution in [0.15, 0.2) is 91.0 Å². The van der Waals surface area contributed by atoms with Crippen LogP contribution in [0.3, 0.4) is 0 Å². The highest BCUT2D eigenvalue weighted by Gasteiger charge is 2.39. The molecule has 3 amide bonds. The minimum Gasteiger partial charge on any atom is -0.497 e. The van der Waals surface area contributed by atoms with Crippen LogP contribution in [-0.2, 0) is 20.9 Å². The molecule has 0 radical (unpaired) electrons. The molecule has 44 heavy (non-hydrogen) atoms. The van der Waals surface area contributed by atoms with Crippen LogP contribution < -0.4 is 24.4 Å². The van der Waals surface area contributed by atoms with Gasteiger partial charge in [-0.3, -0.25) is 24.1 Å². The van der Waals surface area contributed by atoms with E-state index in [2.05, 4.69) is 5.32 Å². The molecule has 6 rings (SSSR count). The number of nitrogens with zero attached hydrogens (tertiary/aromatic N) is 2. The smallest absolute Gasteiger partial charge is 0.299 e. The number of amides is 3. The number of nitrogens with one attached hydrogen (secondary N) is 1. The molecule has 2 aliphatic rings. The SMILES string of the molecule is COc1cccc(C(C(=O)Nc2ccc3c(c2)OCO3)N(Cc2ccccc2F)C(=O)CN2C(=O)C(=O)c3ccccc32)c1. The molecule has 0 saturated carbocycles. The number of hydrogen-bond donors (Lipinski definition) is 1. The van der Waals surface area contributed by atoms with E-state index in [0.29, 0.717) is 28.5 Å².